The highest BCUT2D eigenvalue weighted by atomic mass is 16.2. The van der Waals surface area contributed by atoms with Crippen LogP contribution in [-0.2, 0) is 4.79 Å². The number of hydrogen-bond donors (Lipinski definition) is 2. The summed E-state index contributed by atoms with van der Waals surface area (Å²) in [6.07, 6.45) is 3.11. The third-order valence-corrected chi connectivity index (χ3v) is 3.31. The number of nitrogens with one attached hydrogen (secondary N) is 2. The number of amides is 2. The predicted molar refractivity (Wildman–Crippen MR) is 71.2 cm³/mol. The largest absolute Gasteiger partial charge is 0.354 e. The van der Waals surface area contributed by atoms with Crippen LogP contribution in [0.5, 0.6) is 0 Å². The lowest BCUT2D eigenvalue weighted by atomic mass is 10.1. The molecule has 1 atom stereocenters. The minimum Gasteiger partial charge on any atom is -0.354 e. The average Bonchev–Trinajstić information content (AvgIpc) is 2.88. The second-order valence-corrected chi connectivity index (χ2v) is 4.84. The Kier molecular flexibility index (Phi) is 3.09. The Morgan fingerprint density at radius 1 is 1.55 bits per heavy atom. The molecule has 0 aromatic carbocycles. The maximum atomic E-state index is 12.3. The van der Waals surface area contributed by atoms with E-state index in [9.17, 15) is 9.59 Å². The molecule has 7 heteroatoms. The summed E-state index contributed by atoms with van der Waals surface area (Å²) >= 11 is 0. The van der Waals surface area contributed by atoms with E-state index in [1.807, 2.05) is 6.92 Å². The number of aromatic nitrogens is 3. The Bertz CT molecular complexity index is 678. The molecule has 0 bridgehead atoms. The van der Waals surface area contributed by atoms with Crippen LogP contribution < -0.4 is 10.6 Å². The summed E-state index contributed by atoms with van der Waals surface area (Å²) in [4.78, 5) is 28.3. The van der Waals surface area contributed by atoms with Crippen molar-refractivity contribution < 1.29 is 9.59 Å². The van der Waals surface area contributed by atoms with E-state index >= 15 is 0 Å². The van der Waals surface area contributed by atoms with E-state index in [0.29, 0.717) is 24.3 Å². The van der Waals surface area contributed by atoms with Gasteiger partial charge in [-0.25, -0.2) is 9.50 Å². The zero-order chi connectivity index (χ0) is 14.1. The summed E-state index contributed by atoms with van der Waals surface area (Å²) in [6, 6.07) is 2.92. The van der Waals surface area contributed by atoms with E-state index in [2.05, 4.69) is 20.7 Å². The highest BCUT2D eigenvalue weighted by molar-refractivity contribution is 5.96. The van der Waals surface area contributed by atoms with Crippen LogP contribution in [-0.4, -0.2) is 39.0 Å². The lowest BCUT2D eigenvalue weighted by molar-refractivity contribution is -0.124. The standard InChI is InChI=1S/C13H15N5O2/c1-8-7-10(18-11(16-8)4-6-15-18)13(20)17-9-3-2-5-14-12(9)19/h4,6-7,9H,2-3,5H2,1H3,(H,14,19)(H,17,20). The van der Waals surface area contributed by atoms with Gasteiger partial charge >= 0.3 is 0 Å². The molecule has 1 aliphatic heterocycles. The number of fused-ring (bicyclic) bond motifs is 1. The van der Waals surface area contributed by atoms with Crippen molar-refractivity contribution in [3.8, 4) is 0 Å². The van der Waals surface area contributed by atoms with Gasteiger partial charge in [-0.3, -0.25) is 9.59 Å². The molecule has 0 spiro atoms. The van der Waals surface area contributed by atoms with Gasteiger partial charge in [-0.05, 0) is 25.8 Å². The molecule has 2 amide bonds. The van der Waals surface area contributed by atoms with Crippen LogP contribution in [0.4, 0.5) is 0 Å². The summed E-state index contributed by atoms with van der Waals surface area (Å²) in [7, 11) is 0. The van der Waals surface area contributed by atoms with E-state index in [4.69, 9.17) is 0 Å². The van der Waals surface area contributed by atoms with Crippen LogP contribution >= 0.6 is 0 Å². The SMILES string of the molecule is Cc1cc(C(=O)NC2CCCNC2=O)n2nccc2n1. The normalized spacial score (nSPS) is 18.9. The molecule has 1 saturated heterocycles. The fraction of sp³-hybridized carbons (Fsp3) is 0.385. The fourth-order valence-corrected chi connectivity index (χ4v) is 2.34. The molecule has 7 nitrogen and oxygen atoms in total. The first-order valence-corrected chi connectivity index (χ1v) is 6.55. The van der Waals surface area contributed by atoms with Crippen molar-refractivity contribution in [3.63, 3.8) is 0 Å². The molecule has 0 radical (unpaired) electrons. The minimum atomic E-state index is -0.477. The molecule has 2 aromatic rings. The van der Waals surface area contributed by atoms with Crippen LogP contribution in [0.1, 0.15) is 29.0 Å². The summed E-state index contributed by atoms with van der Waals surface area (Å²) < 4.78 is 1.48. The fourth-order valence-electron chi connectivity index (χ4n) is 2.34. The van der Waals surface area contributed by atoms with Crippen LogP contribution in [0.25, 0.3) is 5.65 Å². The van der Waals surface area contributed by atoms with E-state index < -0.39 is 6.04 Å². The van der Waals surface area contributed by atoms with Crippen LogP contribution in [0.3, 0.4) is 0 Å². The molecule has 104 valence electrons. The predicted octanol–water partition coefficient (Wildman–Crippen LogP) is 0.0461. The van der Waals surface area contributed by atoms with Gasteiger partial charge < -0.3 is 10.6 Å². The van der Waals surface area contributed by atoms with Crippen molar-refractivity contribution in [2.75, 3.05) is 6.54 Å². The second kappa shape index (κ2) is 4.92. The molecule has 3 heterocycles. The second-order valence-electron chi connectivity index (χ2n) is 4.84. The quantitative estimate of drug-likeness (QED) is 0.809. The smallest absolute Gasteiger partial charge is 0.270 e. The van der Waals surface area contributed by atoms with Crippen molar-refractivity contribution in [3.05, 3.63) is 29.7 Å². The third-order valence-electron chi connectivity index (χ3n) is 3.31. The van der Waals surface area contributed by atoms with Gasteiger partial charge in [0.1, 0.15) is 11.7 Å². The molecule has 2 aromatic heterocycles. The van der Waals surface area contributed by atoms with Crippen molar-refractivity contribution in [1.82, 2.24) is 25.2 Å². The first-order valence-electron chi connectivity index (χ1n) is 6.55. The Hall–Kier alpha value is -2.44. The molecule has 1 unspecified atom stereocenters. The van der Waals surface area contributed by atoms with Gasteiger partial charge in [0, 0.05) is 18.3 Å². The van der Waals surface area contributed by atoms with Gasteiger partial charge in [0.05, 0.1) is 6.20 Å². The van der Waals surface area contributed by atoms with Crippen molar-refractivity contribution in [1.29, 1.82) is 0 Å². The Balaban J connectivity index is 1.88. The molecule has 1 aliphatic rings. The summed E-state index contributed by atoms with van der Waals surface area (Å²) in [5.74, 6) is -0.446. The Morgan fingerprint density at radius 3 is 3.20 bits per heavy atom. The molecule has 0 saturated carbocycles. The van der Waals surface area contributed by atoms with Gasteiger partial charge in [-0.15, -0.1) is 0 Å². The molecular formula is C13H15N5O2. The summed E-state index contributed by atoms with van der Waals surface area (Å²) in [5.41, 5.74) is 1.73. The van der Waals surface area contributed by atoms with E-state index in [0.717, 1.165) is 12.1 Å². The summed E-state index contributed by atoms with van der Waals surface area (Å²) in [6.45, 7) is 2.49. The number of aryl methyl sites for hydroxylation is 1. The van der Waals surface area contributed by atoms with Gasteiger partial charge in [0.2, 0.25) is 5.91 Å². The molecule has 3 rings (SSSR count). The maximum absolute atomic E-state index is 12.3. The van der Waals surface area contributed by atoms with Gasteiger partial charge in [-0.1, -0.05) is 0 Å². The first-order chi connectivity index (χ1) is 9.65. The lowest BCUT2D eigenvalue weighted by Gasteiger charge is -2.22. The van der Waals surface area contributed by atoms with Crippen molar-refractivity contribution in [2.45, 2.75) is 25.8 Å². The number of hydrogen-bond acceptors (Lipinski definition) is 4. The highest BCUT2D eigenvalue weighted by Crippen LogP contribution is 2.09. The summed E-state index contributed by atoms with van der Waals surface area (Å²) in [5, 5.41) is 9.58. The highest BCUT2D eigenvalue weighted by Gasteiger charge is 2.25. The van der Waals surface area contributed by atoms with E-state index in [1.165, 1.54) is 4.52 Å². The topological polar surface area (TPSA) is 88.4 Å². The Labute approximate surface area is 115 Å². The maximum Gasteiger partial charge on any atom is 0.270 e. The van der Waals surface area contributed by atoms with Crippen LogP contribution in [0.2, 0.25) is 0 Å². The lowest BCUT2D eigenvalue weighted by Crippen LogP contribution is -2.50. The molecule has 0 aliphatic carbocycles. The number of piperidine rings is 1. The monoisotopic (exact) mass is 273 g/mol. The van der Waals surface area contributed by atoms with Gasteiger partial charge in [-0.2, -0.15) is 5.10 Å². The minimum absolute atomic E-state index is 0.132. The van der Waals surface area contributed by atoms with Crippen molar-refractivity contribution in [2.24, 2.45) is 0 Å². The molecule has 1 fully saturated rings. The number of carbonyl (C=O) groups is 2. The Morgan fingerprint density at radius 2 is 2.40 bits per heavy atom. The first kappa shape index (κ1) is 12.6. The van der Waals surface area contributed by atoms with Gasteiger partial charge in [0.15, 0.2) is 5.65 Å². The van der Waals surface area contributed by atoms with Crippen LogP contribution in [0, 0.1) is 6.92 Å². The van der Waals surface area contributed by atoms with Gasteiger partial charge in [0.25, 0.3) is 5.91 Å². The van der Waals surface area contributed by atoms with E-state index in [-0.39, 0.29) is 11.8 Å². The zero-order valence-electron chi connectivity index (χ0n) is 11.1. The molecular weight excluding hydrogens is 258 g/mol. The van der Waals surface area contributed by atoms with Crippen LogP contribution in [0.15, 0.2) is 18.3 Å². The number of rotatable bonds is 2. The van der Waals surface area contributed by atoms with Crippen molar-refractivity contribution >= 4 is 17.5 Å². The number of carbonyl (C=O) groups excluding carboxylic acids is 2. The average molecular weight is 273 g/mol. The number of nitrogens with zero attached hydrogens (tertiary/aromatic N) is 3. The van der Waals surface area contributed by atoms with E-state index in [1.54, 1.807) is 18.3 Å². The molecule has 20 heavy (non-hydrogen) atoms. The molecule has 2 N–H and O–H groups in total. The third kappa shape index (κ3) is 2.22. The zero-order valence-corrected chi connectivity index (χ0v) is 11.1.